The summed E-state index contributed by atoms with van der Waals surface area (Å²) in [6, 6.07) is 5.59. The first-order valence-electron chi connectivity index (χ1n) is 8.75. The van der Waals surface area contributed by atoms with E-state index in [0.29, 0.717) is 10.0 Å². The van der Waals surface area contributed by atoms with E-state index in [1.165, 1.54) is 11.8 Å². The van der Waals surface area contributed by atoms with Crippen LogP contribution in [0.2, 0.25) is 10.0 Å². The molecule has 0 aliphatic carbocycles. The second-order valence-corrected chi connectivity index (χ2v) is 8.77. The van der Waals surface area contributed by atoms with Gasteiger partial charge in [0.05, 0.1) is 14.9 Å². The molecule has 0 saturated carbocycles. The van der Waals surface area contributed by atoms with E-state index >= 15 is 0 Å². The Labute approximate surface area is 172 Å². The van der Waals surface area contributed by atoms with Gasteiger partial charge in [-0.3, -0.25) is 0 Å². The highest BCUT2D eigenvalue weighted by Gasteiger charge is 2.30. The summed E-state index contributed by atoms with van der Waals surface area (Å²) in [7, 11) is 2.03. The second kappa shape index (κ2) is 7.47. The molecule has 0 radical (unpaired) electrons. The minimum absolute atomic E-state index is 0.182. The number of aromatic nitrogens is 4. The zero-order valence-electron chi connectivity index (χ0n) is 15.1. The van der Waals surface area contributed by atoms with Gasteiger partial charge in [0.15, 0.2) is 5.65 Å². The average Bonchev–Trinajstić information content (AvgIpc) is 3.17. The number of benzene rings is 1. The van der Waals surface area contributed by atoms with Crippen molar-refractivity contribution in [2.45, 2.75) is 35.1 Å². The van der Waals surface area contributed by atoms with E-state index in [-0.39, 0.29) is 5.54 Å². The monoisotopic (exact) mass is 422 g/mol. The van der Waals surface area contributed by atoms with Gasteiger partial charge in [-0.2, -0.15) is 0 Å². The van der Waals surface area contributed by atoms with Crippen LogP contribution in [0.3, 0.4) is 0 Å². The van der Waals surface area contributed by atoms with Gasteiger partial charge in [-0.25, -0.2) is 9.38 Å². The van der Waals surface area contributed by atoms with Crippen molar-refractivity contribution in [3.8, 4) is 0 Å². The molecule has 0 atom stereocenters. The summed E-state index contributed by atoms with van der Waals surface area (Å²) in [5.41, 5.74) is 0.949. The zero-order valence-corrected chi connectivity index (χ0v) is 17.4. The minimum Gasteiger partial charge on any atom is -0.342 e. The molecule has 0 spiro atoms. The van der Waals surface area contributed by atoms with Crippen LogP contribution < -0.4 is 10.2 Å². The molecule has 3 aromatic rings. The van der Waals surface area contributed by atoms with Crippen LogP contribution in [0.1, 0.15) is 19.8 Å². The summed E-state index contributed by atoms with van der Waals surface area (Å²) in [5.74, 6) is 0.870. The Bertz CT molecular complexity index is 968. The number of rotatable bonds is 4. The molecule has 1 fully saturated rings. The molecule has 2 aromatic heterocycles. The highest BCUT2D eigenvalue weighted by molar-refractivity contribution is 7.99. The fourth-order valence-corrected chi connectivity index (χ4v) is 4.61. The smallest absolute Gasteiger partial charge is 0.212 e. The van der Waals surface area contributed by atoms with E-state index in [9.17, 15) is 0 Å². The highest BCUT2D eigenvalue weighted by atomic mass is 35.5. The molecule has 3 heterocycles. The molecular weight excluding hydrogens is 403 g/mol. The van der Waals surface area contributed by atoms with Crippen molar-refractivity contribution in [1.29, 1.82) is 0 Å². The SMILES string of the molecule is CNC1(C)CCN(c2ncc(Sc3cccc(Cl)c3Cl)c3nncn23)CC1. The number of hydrogen-bond donors (Lipinski definition) is 1. The maximum atomic E-state index is 6.33. The number of nitrogens with zero attached hydrogens (tertiary/aromatic N) is 5. The lowest BCUT2D eigenvalue weighted by Crippen LogP contribution is -2.50. The molecule has 1 aliphatic heterocycles. The summed E-state index contributed by atoms with van der Waals surface area (Å²) < 4.78 is 1.95. The predicted octanol–water partition coefficient (Wildman–Crippen LogP) is 4.16. The highest BCUT2D eigenvalue weighted by Crippen LogP contribution is 2.38. The van der Waals surface area contributed by atoms with Gasteiger partial charge in [-0.05, 0) is 38.9 Å². The van der Waals surface area contributed by atoms with Gasteiger partial charge in [0, 0.05) is 29.7 Å². The Morgan fingerprint density at radius 3 is 2.70 bits per heavy atom. The third-order valence-corrected chi connectivity index (χ3v) is 7.17. The first kappa shape index (κ1) is 18.8. The van der Waals surface area contributed by atoms with Crippen LogP contribution in [0.15, 0.2) is 40.5 Å². The molecule has 4 rings (SSSR count). The molecule has 1 aromatic carbocycles. The fraction of sp³-hybridized carbons (Fsp3) is 0.389. The molecule has 1 aliphatic rings. The largest absolute Gasteiger partial charge is 0.342 e. The summed E-state index contributed by atoms with van der Waals surface area (Å²) >= 11 is 14.0. The summed E-state index contributed by atoms with van der Waals surface area (Å²) in [5, 5.41) is 12.9. The van der Waals surface area contributed by atoms with Gasteiger partial charge in [-0.1, -0.05) is 41.0 Å². The third-order valence-electron chi connectivity index (χ3n) is 5.17. The van der Waals surface area contributed by atoms with Crippen molar-refractivity contribution in [3.63, 3.8) is 0 Å². The van der Waals surface area contributed by atoms with Crippen molar-refractivity contribution in [1.82, 2.24) is 24.9 Å². The Balaban J connectivity index is 1.64. The Kier molecular flexibility index (Phi) is 5.20. The maximum absolute atomic E-state index is 6.33. The van der Waals surface area contributed by atoms with Crippen LogP contribution >= 0.6 is 35.0 Å². The normalized spacial score (nSPS) is 16.8. The molecule has 0 amide bonds. The van der Waals surface area contributed by atoms with Crippen LogP contribution in [0.4, 0.5) is 5.95 Å². The van der Waals surface area contributed by atoms with E-state index in [4.69, 9.17) is 28.2 Å². The number of nitrogens with one attached hydrogen (secondary N) is 1. The quantitative estimate of drug-likeness (QED) is 0.680. The topological polar surface area (TPSA) is 58.3 Å². The van der Waals surface area contributed by atoms with Crippen LogP contribution in [-0.2, 0) is 0 Å². The lowest BCUT2D eigenvalue weighted by Gasteiger charge is -2.39. The molecular formula is C18H20Cl2N6S. The molecule has 0 bridgehead atoms. The van der Waals surface area contributed by atoms with E-state index in [0.717, 1.165) is 47.3 Å². The van der Waals surface area contributed by atoms with Crippen molar-refractivity contribution in [3.05, 3.63) is 40.8 Å². The van der Waals surface area contributed by atoms with Gasteiger partial charge >= 0.3 is 0 Å². The van der Waals surface area contributed by atoms with Gasteiger partial charge in [0.2, 0.25) is 5.95 Å². The minimum atomic E-state index is 0.182. The molecule has 1 saturated heterocycles. The summed E-state index contributed by atoms with van der Waals surface area (Å²) in [6.07, 6.45) is 5.67. The van der Waals surface area contributed by atoms with Crippen LogP contribution in [0.25, 0.3) is 5.65 Å². The van der Waals surface area contributed by atoms with Crippen molar-refractivity contribution >= 4 is 46.6 Å². The van der Waals surface area contributed by atoms with Crippen molar-refractivity contribution < 1.29 is 0 Å². The molecule has 27 heavy (non-hydrogen) atoms. The second-order valence-electron chi connectivity index (χ2n) is 6.90. The lowest BCUT2D eigenvalue weighted by atomic mass is 9.90. The van der Waals surface area contributed by atoms with E-state index in [2.05, 4.69) is 27.3 Å². The standard InChI is InChI=1S/C18H20Cl2N6S/c1-18(21-2)6-8-25(9-7-18)17-22-10-14(16-24-23-11-26(16)17)27-13-5-3-4-12(19)15(13)20/h3-5,10-11,21H,6-9H2,1-2H3. The van der Waals surface area contributed by atoms with Gasteiger partial charge < -0.3 is 10.2 Å². The van der Waals surface area contributed by atoms with E-state index in [1.807, 2.05) is 29.8 Å². The molecule has 142 valence electrons. The number of halogens is 2. The van der Waals surface area contributed by atoms with Crippen LogP contribution in [0, 0.1) is 0 Å². The Morgan fingerprint density at radius 1 is 1.19 bits per heavy atom. The van der Waals surface area contributed by atoms with Crippen molar-refractivity contribution in [2.75, 3.05) is 25.0 Å². The summed E-state index contributed by atoms with van der Waals surface area (Å²) in [6.45, 7) is 4.13. The fourth-order valence-electron chi connectivity index (χ4n) is 3.22. The Morgan fingerprint density at radius 2 is 1.96 bits per heavy atom. The van der Waals surface area contributed by atoms with Gasteiger partial charge in [0.1, 0.15) is 6.33 Å². The van der Waals surface area contributed by atoms with Crippen LogP contribution in [-0.4, -0.2) is 45.3 Å². The van der Waals surface area contributed by atoms with Gasteiger partial charge in [0.25, 0.3) is 0 Å². The molecule has 0 unspecified atom stereocenters. The lowest BCUT2D eigenvalue weighted by molar-refractivity contribution is 0.303. The third kappa shape index (κ3) is 3.61. The number of anilines is 1. The van der Waals surface area contributed by atoms with E-state index < -0.39 is 0 Å². The van der Waals surface area contributed by atoms with E-state index in [1.54, 1.807) is 12.4 Å². The molecule has 6 nitrogen and oxygen atoms in total. The summed E-state index contributed by atoms with van der Waals surface area (Å²) in [4.78, 5) is 8.76. The first-order chi connectivity index (χ1) is 13.0. The number of piperidine rings is 1. The first-order valence-corrected chi connectivity index (χ1v) is 10.3. The van der Waals surface area contributed by atoms with Crippen molar-refractivity contribution in [2.24, 2.45) is 0 Å². The Hall–Kier alpha value is -1.54. The number of fused-ring (bicyclic) bond motifs is 1. The molecule has 1 N–H and O–H groups in total. The predicted molar refractivity (Wildman–Crippen MR) is 110 cm³/mol. The van der Waals surface area contributed by atoms with Gasteiger partial charge in [-0.15, -0.1) is 10.2 Å². The zero-order chi connectivity index (χ0) is 19.0. The average molecular weight is 423 g/mol. The van der Waals surface area contributed by atoms with Crippen LogP contribution in [0.5, 0.6) is 0 Å². The maximum Gasteiger partial charge on any atom is 0.212 e. The number of hydrogen-bond acceptors (Lipinski definition) is 6. The molecule has 9 heteroatoms.